The van der Waals surface area contributed by atoms with Crippen molar-refractivity contribution in [1.82, 2.24) is 14.5 Å². The van der Waals surface area contributed by atoms with Gasteiger partial charge in [-0.3, -0.25) is 4.57 Å². The number of oxazole rings is 1. The molecule has 0 fully saturated rings. The number of aliphatic hydroxyl groups excluding tert-OH is 1. The molecule has 0 atom stereocenters. The largest absolute Gasteiger partial charge is 0.494 e. The molecule has 0 aliphatic heterocycles. The first kappa shape index (κ1) is 20.2. The van der Waals surface area contributed by atoms with E-state index in [1.807, 2.05) is 66.2 Å². The molecule has 0 bridgehead atoms. The van der Waals surface area contributed by atoms with Crippen LogP contribution in [0.1, 0.15) is 23.6 Å². The van der Waals surface area contributed by atoms with Crippen molar-refractivity contribution in [2.24, 2.45) is 0 Å². The van der Waals surface area contributed by atoms with Gasteiger partial charge in [0.05, 0.1) is 13.2 Å². The molecule has 1 N–H and O–H groups in total. The Kier molecular flexibility index (Phi) is 6.16. The lowest BCUT2D eigenvalue weighted by Gasteiger charge is -2.06. The van der Waals surface area contributed by atoms with Crippen molar-refractivity contribution >= 4 is 11.6 Å². The zero-order valence-corrected chi connectivity index (χ0v) is 17.3. The summed E-state index contributed by atoms with van der Waals surface area (Å²) in [5, 5.41) is 9.80. The molecule has 2 aromatic heterocycles. The maximum Gasteiger partial charge on any atom is 0.307 e. The van der Waals surface area contributed by atoms with Gasteiger partial charge < -0.3 is 14.3 Å². The van der Waals surface area contributed by atoms with Crippen LogP contribution in [0, 0.1) is 6.92 Å². The van der Waals surface area contributed by atoms with E-state index in [0.717, 1.165) is 40.6 Å². The molecule has 0 unspecified atom stereocenters. The molecule has 0 aliphatic carbocycles. The van der Waals surface area contributed by atoms with Crippen LogP contribution in [0.15, 0.2) is 65.3 Å². The second-order valence-electron chi connectivity index (χ2n) is 6.87. The average Bonchev–Trinajstić information content (AvgIpc) is 3.38. The minimum atomic E-state index is 0.0258. The summed E-state index contributed by atoms with van der Waals surface area (Å²) in [7, 11) is 0. The number of hydrogen-bond acceptors (Lipinski definition) is 5. The van der Waals surface area contributed by atoms with Gasteiger partial charge in [-0.05, 0) is 43.2 Å². The van der Waals surface area contributed by atoms with E-state index in [1.54, 1.807) is 6.20 Å². The van der Waals surface area contributed by atoms with Crippen LogP contribution in [0.5, 0.6) is 5.75 Å². The molecule has 0 aliphatic rings. The number of aromatic nitrogens is 3. The van der Waals surface area contributed by atoms with Crippen LogP contribution in [-0.4, -0.2) is 26.2 Å². The molecule has 0 saturated heterocycles. The Morgan fingerprint density at radius 3 is 2.53 bits per heavy atom. The van der Waals surface area contributed by atoms with Gasteiger partial charge in [-0.15, -0.1) is 0 Å². The number of aliphatic hydroxyl groups is 1. The molecule has 7 heteroatoms. The molecule has 0 spiro atoms. The Morgan fingerprint density at radius 2 is 1.87 bits per heavy atom. The van der Waals surface area contributed by atoms with E-state index in [1.165, 1.54) is 0 Å². The van der Waals surface area contributed by atoms with Gasteiger partial charge in [0.15, 0.2) is 0 Å². The lowest BCUT2D eigenvalue weighted by Crippen LogP contribution is -2.00. The third kappa shape index (κ3) is 4.56. The summed E-state index contributed by atoms with van der Waals surface area (Å²) >= 11 is 6.04. The highest BCUT2D eigenvalue weighted by Gasteiger charge is 2.17. The third-order valence-electron chi connectivity index (χ3n) is 4.76. The lowest BCUT2D eigenvalue weighted by atomic mass is 10.1. The number of imidazole rings is 1. The van der Waals surface area contributed by atoms with Gasteiger partial charge in [-0.25, -0.2) is 4.98 Å². The smallest absolute Gasteiger partial charge is 0.307 e. The highest BCUT2D eigenvalue weighted by Crippen LogP contribution is 2.28. The van der Waals surface area contributed by atoms with Crippen molar-refractivity contribution in [3.8, 4) is 23.0 Å². The standard InChI is InChI=1S/C23H22ClN3O3/c1-16-25-12-13-27(16)23-26-22(18-6-8-19(24)9-7-18)21(30-23)3-2-14-29-20-10-4-17(15-28)5-11-20/h4-13,28H,2-3,14-15H2,1H3. The number of ether oxygens (including phenoxy) is 1. The van der Waals surface area contributed by atoms with Gasteiger partial charge >= 0.3 is 6.01 Å². The number of rotatable bonds is 8. The molecule has 4 aromatic rings. The summed E-state index contributed by atoms with van der Waals surface area (Å²) in [6, 6.07) is 15.5. The predicted octanol–water partition coefficient (Wildman–Crippen LogP) is 4.99. The molecule has 154 valence electrons. The van der Waals surface area contributed by atoms with E-state index in [0.29, 0.717) is 24.1 Å². The fourth-order valence-corrected chi connectivity index (χ4v) is 3.27. The van der Waals surface area contributed by atoms with Gasteiger partial charge in [-0.1, -0.05) is 35.9 Å². The van der Waals surface area contributed by atoms with E-state index in [-0.39, 0.29) is 6.61 Å². The summed E-state index contributed by atoms with van der Waals surface area (Å²) in [5.41, 5.74) is 2.60. The Morgan fingerprint density at radius 1 is 1.10 bits per heavy atom. The summed E-state index contributed by atoms with van der Waals surface area (Å²) < 4.78 is 13.7. The summed E-state index contributed by atoms with van der Waals surface area (Å²) in [6.07, 6.45) is 4.99. The van der Waals surface area contributed by atoms with Gasteiger partial charge in [0, 0.05) is 29.4 Å². The quantitative estimate of drug-likeness (QED) is 0.404. The van der Waals surface area contributed by atoms with Crippen LogP contribution in [0.25, 0.3) is 17.3 Å². The first-order valence-electron chi connectivity index (χ1n) is 9.72. The minimum absolute atomic E-state index is 0.0258. The summed E-state index contributed by atoms with van der Waals surface area (Å²) in [4.78, 5) is 8.97. The maximum absolute atomic E-state index is 9.12. The van der Waals surface area contributed by atoms with Crippen molar-refractivity contribution in [2.75, 3.05) is 6.61 Å². The first-order valence-corrected chi connectivity index (χ1v) is 10.1. The zero-order valence-electron chi connectivity index (χ0n) is 16.6. The molecule has 0 amide bonds. The van der Waals surface area contributed by atoms with E-state index in [2.05, 4.69) is 4.98 Å². The lowest BCUT2D eigenvalue weighted by molar-refractivity contribution is 0.281. The molecule has 4 rings (SSSR count). The highest BCUT2D eigenvalue weighted by atomic mass is 35.5. The maximum atomic E-state index is 9.12. The monoisotopic (exact) mass is 423 g/mol. The van der Waals surface area contributed by atoms with Crippen molar-refractivity contribution in [3.05, 3.63) is 83.1 Å². The normalized spacial score (nSPS) is 11.0. The molecular weight excluding hydrogens is 402 g/mol. The van der Waals surface area contributed by atoms with E-state index in [9.17, 15) is 0 Å². The minimum Gasteiger partial charge on any atom is -0.494 e. The number of nitrogens with zero attached hydrogens (tertiary/aromatic N) is 3. The molecule has 2 heterocycles. The number of benzene rings is 2. The van der Waals surface area contributed by atoms with Gasteiger partial charge in [-0.2, -0.15) is 4.98 Å². The highest BCUT2D eigenvalue weighted by molar-refractivity contribution is 6.30. The van der Waals surface area contributed by atoms with Gasteiger partial charge in [0.1, 0.15) is 23.0 Å². The molecule has 0 saturated carbocycles. The third-order valence-corrected chi connectivity index (χ3v) is 5.01. The molecule has 2 aromatic carbocycles. The molecule has 0 radical (unpaired) electrons. The zero-order chi connectivity index (χ0) is 20.9. The molecular formula is C23H22ClN3O3. The van der Waals surface area contributed by atoms with Gasteiger partial charge in [0.25, 0.3) is 0 Å². The number of hydrogen-bond donors (Lipinski definition) is 1. The second-order valence-corrected chi connectivity index (χ2v) is 7.31. The SMILES string of the molecule is Cc1nccn1-c1nc(-c2ccc(Cl)cc2)c(CCCOc2ccc(CO)cc2)o1. The van der Waals surface area contributed by atoms with Crippen molar-refractivity contribution in [3.63, 3.8) is 0 Å². The van der Waals surface area contributed by atoms with Crippen LogP contribution < -0.4 is 4.74 Å². The molecule has 30 heavy (non-hydrogen) atoms. The van der Waals surface area contributed by atoms with Gasteiger partial charge in [0.2, 0.25) is 0 Å². The van der Waals surface area contributed by atoms with Crippen LogP contribution in [-0.2, 0) is 13.0 Å². The molecule has 6 nitrogen and oxygen atoms in total. The number of halogens is 1. The number of aryl methyl sites for hydroxylation is 2. The van der Waals surface area contributed by atoms with Crippen molar-refractivity contribution in [1.29, 1.82) is 0 Å². The summed E-state index contributed by atoms with van der Waals surface area (Å²) in [5.74, 6) is 2.37. The van der Waals surface area contributed by atoms with Crippen LogP contribution in [0.3, 0.4) is 0 Å². The van der Waals surface area contributed by atoms with Crippen molar-refractivity contribution < 1.29 is 14.3 Å². The van der Waals surface area contributed by atoms with E-state index < -0.39 is 0 Å². The topological polar surface area (TPSA) is 73.3 Å². The Labute approximate surface area is 179 Å². The Hall–Kier alpha value is -3.09. The van der Waals surface area contributed by atoms with Crippen molar-refractivity contribution in [2.45, 2.75) is 26.4 Å². The van der Waals surface area contributed by atoms with Crippen LogP contribution in [0.4, 0.5) is 0 Å². The fourth-order valence-electron chi connectivity index (χ4n) is 3.14. The van der Waals surface area contributed by atoms with Crippen LogP contribution >= 0.6 is 11.6 Å². The Balaban J connectivity index is 1.49. The van der Waals surface area contributed by atoms with E-state index >= 15 is 0 Å². The van der Waals surface area contributed by atoms with Crippen LogP contribution in [0.2, 0.25) is 5.02 Å². The first-order chi connectivity index (χ1) is 14.6. The average molecular weight is 424 g/mol. The van der Waals surface area contributed by atoms with E-state index in [4.69, 9.17) is 30.8 Å². The second kappa shape index (κ2) is 9.15. The summed E-state index contributed by atoms with van der Waals surface area (Å²) in [6.45, 7) is 2.47. The predicted molar refractivity (Wildman–Crippen MR) is 115 cm³/mol. The Bertz CT molecular complexity index is 1100. The fraction of sp³-hybridized carbons (Fsp3) is 0.217.